The molecule has 1 aromatic rings. The van der Waals surface area contributed by atoms with Crippen molar-refractivity contribution < 1.29 is 9.53 Å². The molecule has 0 aromatic heterocycles. The zero-order valence-corrected chi connectivity index (χ0v) is 19.0. The molecule has 3 fully saturated rings. The van der Waals surface area contributed by atoms with Crippen LogP contribution < -0.4 is 4.74 Å². The van der Waals surface area contributed by atoms with Crippen molar-refractivity contribution in [1.29, 1.82) is 0 Å². The number of benzene rings is 1. The van der Waals surface area contributed by atoms with E-state index in [1.165, 1.54) is 36.9 Å². The second-order valence-corrected chi connectivity index (χ2v) is 10.0. The number of halogens is 1. The van der Waals surface area contributed by atoms with Gasteiger partial charge in [0.2, 0.25) is 0 Å². The summed E-state index contributed by atoms with van der Waals surface area (Å²) in [6, 6.07) is 7.29. The summed E-state index contributed by atoms with van der Waals surface area (Å²) in [6.07, 6.45) is 8.39. The van der Waals surface area contributed by atoms with Crippen LogP contribution in [0.3, 0.4) is 0 Å². The Bertz CT molecular complexity index is 776. The molecule has 1 aromatic carbocycles. The molecule has 0 unspecified atom stereocenters. The van der Waals surface area contributed by atoms with E-state index in [1.807, 2.05) is 0 Å². The first kappa shape index (κ1) is 21.2. The van der Waals surface area contributed by atoms with E-state index in [-0.39, 0.29) is 23.7 Å². The average molecular weight is 418 g/mol. The van der Waals surface area contributed by atoms with Crippen molar-refractivity contribution in [3.63, 3.8) is 0 Å². The number of likely N-dealkylation sites (tertiary alicyclic amines) is 1. The van der Waals surface area contributed by atoms with Gasteiger partial charge in [0.25, 0.3) is 0 Å². The number of rotatable bonds is 4. The lowest BCUT2D eigenvalue weighted by molar-refractivity contribution is -0.140. The molecule has 0 amide bonds. The Morgan fingerprint density at radius 1 is 1.28 bits per heavy atom. The van der Waals surface area contributed by atoms with E-state index in [2.05, 4.69) is 36.9 Å². The van der Waals surface area contributed by atoms with Crippen LogP contribution in [0, 0.1) is 23.7 Å². The number of carbonyl (C=O) groups excluding carboxylic acids is 1. The van der Waals surface area contributed by atoms with Crippen molar-refractivity contribution in [1.82, 2.24) is 4.90 Å². The highest BCUT2D eigenvalue weighted by Gasteiger charge is 2.60. The maximum Gasteiger partial charge on any atom is 0.136 e. The van der Waals surface area contributed by atoms with Crippen molar-refractivity contribution in [3.8, 4) is 5.75 Å². The molecular formula is C25H36ClNO2. The van der Waals surface area contributed by atoms with Gasteiger partial charge in [-0.25, -0.2) is 0 Å². The summed E-state index contributed by atoms with van der Waals surface area (Å²) in [7, 11) is 1.76. The van der Waals surface area contributed by atoms with Crippen LogP contribution >= 0.6 is 12.4 Å². The average Bonchev–Trinajstić information content (AvgIpc) is 2.67. The second-order valence-electron chi connectivity index (χ2n) is 10.0. The molecule has 0 spiro atoms. The summed E-state index contributed by atoms with van der Waals surface area (Å²) in [6.45, 7) is 6.95. The minimum absolute atomic E-state index is 0. The van der Waals surface area contributed by atoms with Gasteiger partial charge in [0.15, 0.2) is 0 Å². The Kier molecular flexibility index (Phi) is 5.76. The molecule has 4 heteroatoms. The second kappa shape index (κ2) is 7.89. The number of ether oxygens (including phenoxy) is 1. The molecule has 4 aliphatic rings. The van der Waals surface area contributed by atoms with Crippen molar-refractivity contribution >= 4 is 18.2 Å². The van der Waals surface area contributed by atoms with Gasteiger partial charge in [0.1, 0.15) is 11.5 Å². The molecular weight excluding hydrogens is 382 g/mol. The fourth-order valence-electron chi connectivity index (χ4n) is 7.25. The standard InChI is InChI=1S/C25H35NO2.ClH/c1-4-20-16(2)23(27)14-25-10-11-26(15-17-6-5-7-17)22(24(20)25)12-18-8-9-19(28-3)13-21(18)25;/h8-9,13,16-17,20,22,24H,4-7,10-12,14-15H2,1-3H3;1H/t16-,20-,22+,24-,25+;/m0./s1. The first-order valence-electron chi connectivity index (χ1n) is 11.5. The Morgan fingerprint density at radius 3 is 2.72 bits per heavy atom. The summed E-state index contributed by atoms with van der Waals surface area (Å²) in [5.74, 6) is 3.67. The SMILES string of the molecule is CC[C@@H]1[C@H]2[C@H]3Cc4ccc(OC)cc4[C@@]2(CCN3CC2CCC2)CC(=O)[C@H]1C.Cl. The number of piperidine rings is 1. The summed E-state index contributed by atoms with van der Waals surface area (Å²) >= 11 is 0. The molecule has 5 rings (SSSR count). The minimum atomic E-state index is 0. The highest BCUT2D eigenvalue weighted by atomic mass is 35.5. The number of hydrogen-bond acceptors (Lipinski definition) is 3. The third kappa shape index (κ3) is 3.15. The number of hydrogen-bond donors (Lipinski definition) is 0. The predicted octanol–water partition coefficient (Wildman–Crippen LogP) is 5.04. The summed E-state index contributed by atoms with van der Waals surface area (Å²) in [4.78, 5) is 16.0. The van der Waals surface area contributed by atoms with Gasteiger partial charge in [-0.05, 0) is 73.2 Å². The van der Waals surface area contributed by atoms with Crippen LogP contribution in [0.15, 0.2) is 18.2 Å². The van der Waals surface area contributed by atoms with Crippen LogP contribution in [-0.4, -0.2) is 36.9 Å². The quantitative estimate of drug-likeness (QED) is 0.687. The van der Waals surface area contributed by atoms with E-state index in [0.717, 1.165) is 43.9 Å². The Balaban J connectivity index is 0.00000205. The lowest BCUT2D eigenvalue weighted by Gasteiger charge is -2.62. The van der Waals surface area contributed by atoms with E-state index >= 15 is 0 Å². The maximum atomic E-state index is 13.1. The van der Waals surface area contributed by atoms with E-state index in [1.54, 1.807) is 7.11 Å². The lowest BCUT2D eigenvalue weighted by atomic mass is 9.47. The predicted molar refractivity (Wildman–Crippen MR) is 119 cm³/mol. The van der Waals surface area contributed by atoms with Gasteiger partial charge >= 0.3 is 0 Å². The van der Waals surface area contributed by atoms with Gasteiger partial charge in [-0.3, -0.25) is 9.69 Å². The lowest BCUT2D eigenvalue weighted by Crippen LogP contribution is -2.66. The smallest absolute Gasteiger partial charge is 0.136 e. The maximum absolute atomic E-state index is 13.1. The normalized spacial score (nSPS) is 36.4. The van der Waals surface area contributed by atoms with Gasteiger partial charge in [0, 0.05) is 30.3 Å². The number of carbonyl (C=O) groups is 1. The molecule has 160 valence electrons. The molecule has 29 heavy (non-hydrogen) atoms. The molecule has 3 aliphatic carbocycles. The highest BCUT2D eigenvalue weighted by Crippen LogP contribution is 2.59. The van der Waals surface area contributed by atoms with Crippen molar-refractivity contribution in [2.75, 3.05) is 20.2 Å². The van der Waals surface area contributed by atoms with Crippen LogP contribution in [0.5, 0.6) is 5.75 Å². The van der Waals surface area contributed by atoms with Crippen LogP contribution in [0.4, 0.5) is 0 Å². The van der Waals surface area contributed by atoms with Crippen molar-refractivity contribution in [2.24, 2.45) is 23.7 Å². The van der Waals surface area contributed by atoms with Gasteiger partial charge < -0.3 is 4.74 Å². The number of methoxy groups -OCH3 is 1. The Morgan fingerprint density at radius 2 is 2.07 bits per heavy atom. The number of ketones is 1. The molecule has 2 bridgehead atoms. The van der Waals surface area contributed by atoms with E-state index in [4.69, 9.17) is 4.74 Å². The summed E-state index contributed by atoms with van der Waals surface area (Å²) < 4.78 is 5.60. The van der Waals surface area contributed by atoms with Crippen molar-refractivity contribution in [2.45, 2.75) is 70.3 Å². The van der Waals surface area contributed by atoms with E-state index in [0.29, 0.717) is 23.7 Å². The monoisotopic (exact) mass is 417 g/mol. The Labute approximate surface area is 182 Å². The molecule has 0 N–H and O–H groups in total. The van der Waals surface area contributed by atoms with Crippen LogP contribution in [0.25, 0.3) is 0 Å². The number of Topliss-reactive ketones (excluding diaryl/α,β-unsaturated/α-hetero) is 1. The fourth-order valence-corrected chi connectivity index (χ4v) is 7.25. The first-order chi connectivity index (χ1) is 13.6. The van der Waals surface area contributed by atoms with E-state index < -0.39 is 0 Å². The summed E-state index contributed by atoms with van der Waals surface area (Å²) in [5, 5.41) is 0. The topological polar surface area (TPSA) is 29.5 Å². The number of fused-ring (bicyclic) bond motifs is 1. The molecule has 1 saturated heterocycles. The minimum Gasteiger partial charge on any atom is -0.497 e. The summed E-state index contributed by atoms with van der Waals surface area (Å²) in [5.41, 5.74) is 2.94. The zero-order valence-electron chi connectivity index (χ0n) is 18.2. The van der Waals surface area contributed by atoms with Crippen LogP contribution in [-0.2, 0) is 16.6 Å². The fraction of sp³-hybridized carbons (Fsp3) is 0.720. The molecule has 3 nitrogen and oxygen atoms in total. The molecule has 1 heterocycles. The molecule has 1 aliphatic heterocycles. The zero-order chi connectivity index (χ0) is 19.5. The van der Waals surface area contributed by atoms with Crippen LogP contribution in [0.1, 0.15) is 63.5 Å². The molecule has 2 saturated carbocycles. The largest absolute Gasteiger partial charge is 0.497 e. The molecule has 5 atom stereocenters. The van der Waals surface area contributed by atoms with Gasteiger partial charge in [-0.2, -0.15) is 0 Å². The van der Waals surface area contributed by atoms with Gasteiger partial charge in [-0.15, -0.1) is 12.4 Å². The highest BCUT2D eigenvalue weighted by molar-refractivity contribution is 5.85. The third-order valence-electron chi connectivity index (χ3n) is 8.94. The Hall–Kier alpha value is -1.06. The third-order valence-corrected chi connectivity index (χ3v) is 8.94. The van der Waals surface area contributed by atoms with E-state index in [9.17, 15) is 4.79 Å². The first-order valence-corrected chi connectivity index (χ1v) is 11.5. The van der Waals surface area contributed by atoms with Gasteiger partial charge in [-0.1, -0.05) is 32.8 Å². The van der Waals surface area contributed by atoms with Crippen molar-refractivity contribution in [3.05, 3.63) is 29.3 Å². The number of nitrogens with zero attached hydrogens (tertiary/aromatic N) is 1. The molecule has 0 radical (unpaired) electrons. The van der Waals surface area contributed by atoms with Gasteiger partial charge in [0.05, 0.1) is 7.11 Å². The van der Waals surface area contributed by atoms with Crippen LogP contribution in [0.2, 0.25) is 0 Å².